The van der Waals surface area contributed by atoms with Crippen molar-refractivity contribution >= 4 is 17.7 Å². The van der Waals surface area contributed by atoms with E-state index in [0.717, 1.165) is 26.2 Å². The van der Waals surface area contributed by atoms with Crippen LogP contribution in [0.1, 0.15) is 25.0 Å². The lowest BCUT2D eigenvalue weighted by atomic mass is 10.1. The highest BCUT2D eigenvalue weighted by molar-refractivity contribution is 8.01. The molecule has 0 bridgehead atoms. The van der Waals surface area contributed by atoms with E-state index in [-0.39, 0.29) is 5.91 Å². The maximum Gasteiger partial charge on any atom is 0.238 e. The molecule has 1 saturated heterocycles. The molecule has 0 atom stereocenters. The summed E-state index contributed by atoms with van der Waals surface area (Å²) in [6.45, 7) is 11.7. The molecule has 20 heavy (non-hydrogen) atoms. The van der Waals surface area contributed by atoms with E-state index in [1.165, 1.54) is 16.0 Å². The van der Waals surface area contributed by atoms with Gasteiger partial charge in [-0.1, -0.05) is 17.7 Å². The van der Waals surface area contributed by atoms with Crippen LogP contribution in [0, 0.1) is 13.8 Å². The van der Waals surface area contributed by atoms with Gasteiger partial charge in [0.2, 0.25) is 5.91 Å². The fourth-order valence-corrected chi connectivity index (χ4v) is 3.60. The van der Waals surface area contributed by atoms with E-state index in [1.807, 2.05) is 18.7 Å². The molecule has 2 rings (SSSR count). The second-order valence-corrected chi connectivity index (χ2v) is 7.59. The Balaban J connectivity index is 2.11. The first-order valence-corrected chi connectivity index (χ1v) is 7.98. The van der Waals surface area contributed by atoms with Gasteiger partial charge in [-0.2, -0.15) is 0 Å². The van der Waals surface area contributed by atoms with Crippen LogP contribution < -0.4 is 5.32 Å². The molecule has 1 amide bonds. The number of amides is 1. The molecule has 3 nitrogen and oxygen atoms in total. The number of rotatable bonds is 3. The number of nitrogens with one attached hydrogen (secondary N) is 1. The maximum atomic E-state index is 12.7. The topological polar surface area (TPSA) is 32.3 Å². The molecule has 1 aliphatic heterocycles. The van der Waals surface area contributed by atoms with Crippen LogP contribution in [0.3, 0.4) is 0 Å². The van der Waals surface area contributed by atoms with Gasteiger partial charge in [-0.05, 0) is 39.3 Å². The van der Waals surface area contributed by atoms with E-state index in [0.29, 0.717) is 0 Å². The van der Waals surface area contributed by atoms with E-state index in [2.05, 4.69) is 37.4 Å². The first kappa shape index (κ1) is 15.4. The number of hydrogen-bond donors (Lipinski definition) is 1. The molecule has 0 unspecified atom stereocenters. The van der Waals surface area contributed by atoms with Crippen molar-refractivity contribution in [3.05, 3.63) is 29.3 Å². The molecule has 1 N–H and O–H groups in total. The summed E-state index contributed by atoms with van der Waals surface area (Å²) in [7, 11) is 0. The Bertz CT molecular complexity index is 493. The standard InChI is InChI=1S/C16H24N2OS/c1-12-5-6-14(13(2)11-12)20-16(3,4)15(19)18-9-7-17-8-10-18/h5-6,11,17H,7-10H2,1-4H3. The summed E-state index contributed by atoms with van der Waals surface area (Å²) in [5.41, 5.74) is 2.51. The molecule has 110 valence electrons. The van der Waals surface area contributed by atoms with Crippen molar-refractivity contribution in [3.63, 3.8) is 0 Å². The van der Waals surface area contributed by atoms with E-state index in [1.54, 1.807) is 11.8 Å². The van der Waals surface area contributed by atoms with Gasteiger partial charge < -0.3 is 10.2 Å². The molecule has 1 fully saturated rings. The quantitative estimate of drug-likeness (QED) is 0.869. The molecule has 1 heterocycles. The SMILES string of the molecule is Cc1ccc(SC(C)(C)C(=O)N2CCNCC2)c(C)c1. The Morgan fingerprint density at radius 1 is 1.25 bits per heavy atom. The third kappa shape index (κ3) is 3.55. The van der Waals surface area contributed by atoms with Gasteiger partial charge in [0.25, 0.3) is 0 Å². The van der Waals surface area contributed by atoms with Crippen LogP contribution in [-0.4, -0.2) is 41.7 Å². The number of piperazine rings is 1. The van der Waals surface area contributed by atoms with Crippen LogP contribution in [0.2, 0.25) is 0 Å². The molecule has 1 aromatic rings. The summed E-state index contributed by atoms with van der Waals surface area (Å²) in [4.78, 5) is 15.9. The Hall–Kier alpha value is -1.00. The second-order valence-electron chi connectivity index (χ2n) is 5.92. The van der Waals surface area contributed by atoms with Gasteiger partial charge in [0.1, 0.15) is 0 Å². The Morgan fingerprint density at radius 2 is 1.90 bits per heavy atom. The summed E-state index contributed by atoms with van der Waals surface area (Å²) in [6.07, 6.45) is 0. The lowest BCUT2D eigenvalue weighted by Gasteiger charge is -2.34. The molecular formula is C16H24N2OS. The van der Waals surface area contributed by atoms with E-state index in [9.17, 15) is 4.79 Å². The molecule has 0 saturated carbocycles. The first-order chi connectivity index (χ1) is 9.40. The summed E-state index contributed by atoms with van der Waals surface area (Å²) in [5, 5.41) is 3.29. The highest BCUT2D eigenvalue weighted by Gasteiger charge is 2.33. The predicted octanol–water partition coefficient (Wildman–Crippen LogP) is 2.61. The van der Waals surface area contributed by atoms with E-state index < -0.39 is 4.75 Å². The number of carbonyl (C=O) groups excluding carboxylic acids is 1. The average molecular weight is 292 g/mol. The molecule has 1 aromatic carbocycles. The molecule has 0 radical (unpaired) electrons. The summed E-state index contributed by atoms with van der Waals surface area (Å²) in [6, 6.07) is 6.41. The lowest BCUT2D eigenvalue weighted by molar-refractivity contribution is -0.133. The summed E-state index contributed by atoms with van der Waals surface area (Å²) >= 11 is 1.67. The number of nitrogens with zero attached hydrogens (tertiary/aromatic N) is 1. The van der Waals surface area contributed by atoms with Crippen LogP contribution in [0.5, 0.6) is 0 Å². The van der Waals surface area contributed by atoms with Crippen molar-refractivity contribution in [2.24, 2.45) is 0 Å². The van der Waals surface area contributed by atoms with Gasteiger partial charge >= 0.3 is 0 Å². The highest BCUT2D eigenvalue weighted by Crippen LogP contribution is 2.36. The predicted molar refractivity (Wildman–Crippen MR) is 85.3 cm³/mol. The minimum Gasteiger partial charge on any atom is -0.339 e. The number of carbonyl (C=O) groups is 1. The monoisotopic (exact) mass is 292 g/mol. The van der Waals surface area contributed by atoms with Gasteiger partial charge in [0, 0.05) is 31.1 Å². The lowest BCUT2D eigenvalue weighted by Crippen LogP contribution is -2.51. The average Bonchev–Trinajstić information content (AvgIpc) is 2.42. The third-order valence-corrected chi connectivity index (χ3v) is 4.98. The fraction of sp³-hybridized carbons (Fsp3) is 0.562. The van der Waals surface area contributed by atoms with Crippen LogP contribution >= 0.6 is 11.8 Å². The highest BCUT2D eigenvalue weighted by atomic mass is 32.2. The van der Waals surface area contributed by atoms with Crippen LogP contribution in [0.25, 0.3) is 0 Å². The van der Waals surface area contributed by atoms with Gasteiger partial charge in [0.05, 0.1) is 4.75 Å². The van der Waals surface area contributed by atoms with Crippen molar-refractivity contribution in [2.75, 3.05) is 26.2 Å². The van der Waals surface area contributed by atoms with Crippen molar-refractivity contribution < 1.29 is 4.79 Å². The van der Waals surface area contributed by atoms with Gasteiger partial charge in [-0.15, -0.1) is 11.8 Å². The fourth-order valence-electron chi connectivity index (χ4n) is 2.48. The minimum absolute atomic E-state index is 0.240. The molecular weight excluding hydrogens is 268 g/mol. The zero-order chi connectivity index (χ0) is 14.8. The number of hydrogen-bond acceptors (Lipinski definition) is 3. The zero-order valence-electron chi connectivity index (χ0n) is 12.8. The largest absolute Gasteiger partial charge is 0.339 e. The minimum atomic E-state index is -0.419. The second kappa shape index (κ2) is 6.19. The van der Waals surface area contributed by atoms with Crippen LogP contribution in [-0.2, 0) is 4.79 Å². The normalized spacial score (nSPS) is 16.3. The van der Waals surface area contributed by atoms with Crippen molar-refractivity contribution in [3.8, 4) is 0 Å². The van der Waals surface area contributed by atoms with E-state index >= 15 is 0 Å². The smallest absolute Gasteiger partial charge is 0.238 e. The molecule has 4 heteroatoms. The van der Waals surface area contributed by atoms with Crippen LogP contribution in [0.15, 0.2) is 23.1 Å². The van der Waals surface area contributed by atoms with Crippen molar-refractivity contribution in [2.45, 2.75) is 37.3 Å². The molecule has 1 aliphatic rings. The number of aryl methyl sites for hydroxylation is 2. The Morgan fingerprint density at radius 3 is 2.50 bits per heavy atom. The number of benzene rings is 1. The number of thioether (sulfide) groups is 1. The van der Waals surface area contributed by atoms with Crippen molar-refractivity contribution in [1.29, 1.82) is 0 Å². The van der Waals surface area contributed by atoms with Crippen LogP contribution in [0.4, 0.5) is 0 Å². The molecule has 0 aliphatic carbocycles. The van der Waals surface area contributed by atoms with E-state index in [4.69, 9.17) is 0 Å². The van der Waals surface area contributed by atoms with Gasteiger partial charge in [-0.25, -0.2) is 0 Å². The molecule has 0 spiro atoms. The first-order valence-electron chi connectivity index (χ1n) is 7.16. The van der Waals surface area contributed by atoms with Gasteiger partial charge in [0.15, 0.2) is 0 Å². The summed E-state index contributed by atoms with van der Waals surface area (Å²) in [5.74, 6) is 0.240. The molecule has 0 aromatic heterocycles. The maximum absolute atomic E-state index is 12.7. The summed E-state index contributed by atoms with van der Waals surface area (Å²) < 4.78 is -0.419. The Labute approximate surface area is 126 Å². The zero-order valence-corrected chi connectivity index (χ0v) is 13.6. The van der Waals surface area contributed by atoms with Gasteiger partial charge in [-0.3, -0.25) is 4.79 Å². The Kier molecular flexibility index (Phi) is 4.76. The third-order valence-electron chi connectivity index (χ3n) is 3.61. The van der Waals surface area contributed by atoms with Crippen molar-refractivity contribution in [1.82, 2.24) is 10.2 Å².